The van der Waals surface area contributed by atoms with Gasteiger partial charge < -0.3 is 69.1 Å². The highest BCUT2D eigenvalue weighted by Gasteiger charge is 2.37. The number of hydrogen-bond donors (Lipinski definition) is 12. The lowest BCUT2D eigenvalue weighted by Crippen LogP contribution is -2.58. The van der Waals surface area contributed by atoms with Crippen LogP contribution in [0.1, 0.15) is 44.6 Å². The van der Waals surface area contributed by atoms with E-state index < -0.39 is 103 Å². The van der Waals surface area contributed by atoms with Gasteiger partial charge in [-0.1, -0.05) is 12.1 Å². The van der Waals surface area contributed by atoms with E-state index in [0.717, 1.165) is 0 Å². The molecule has 0 aromatic heterocycles. The van der Waals surface area contributed by atoms with E-state index in [4.69, 9.17) is 22.3 Å². The minimum Gasteiger partial charge on any atom is -0.508 e. The van der Waals surface area contributed by atoms with Crippen molar-refractivity contribution >= 4 is 53.3 Å². The number of aliphatic hydroxyl groups excluding tert-OH is 1. The number of aromatic hydroxyl groups is 1. The van der Waals surface area contributed by atoms with E-state index in [2.05, 4.69) is 26.3 Å². The standard InChI is InChI=1S/C32H48N10O12/c1-16(38-29(51)23-5-3-11-42(23)30(52)19(33)4-2-10-36-32(34)35)26(48)37-14-24(45)39-20(12-17-6-8-18(44)9-7-17)27(49)40-21(13-25(46)47)28(50)41-22(15-43)31(53)54/h6-9,16,19-23,43-44H,2-5,10-15,33H2,1H3,(H,37,48)(H,38,51)(H,39,45)(H,40,49)(H,41,50)(H,46,47)(H,53,54)(H4,34,35,36)/t16-,19-,20-,21-,22-,23-/m0/s1. The smallest absolute Gasteiger partial charge is 0.328 e. The molecule has 2 rings (SSSR count). The summed E-state index contributed by atoms with van der Waals surface area (Å²) < 4.78 is 0. The molecule has 1 aromatic rings. The monoisotopic (exact) mass is 764 g/mol. The molecule has 0 unspecified atom stereocenters. The number of nitrogens with one attached hydrogen (secondary N) is 5. The number of likely N-dealkylation sites (tertiary alicyclic amines) is 1. The number of phenolic OH excluding ortho intramolecular Hbond substituents is 1. The Morgan fingerprint density at radius 2 is 1.54 bits per heavy atom. The molecule has 298 valence electrons. The molecule has 0 radical (unpaired) electrons. The third-order valence-corrected chi connectivity index (χ3v) is 8.14. The molecule has 1 heterocycles. The van der Waals surface area contributed by atoms with E-state index in [1.54, 1.807) is 0 Å². The molecule has 22 nitrogen and oxygen atoms in total. The zero-order chi connectivity index (χ0) is 40.5. The highest BCUT2D eigenvalue weighted by molar-refractivity contribution is 5.97. The number of aliphatic imine (C=N–C) groups is 1. The van der Waals surface area contributed by atoms with Crippen molar-refractivity contribution in [1.29, 1.82) is 0 Å². The lowest BCUT2D eigenvalue weighted by Gasteiger charge is -2.27. The average Bonchev–Trinajstić information content (AvgIpc) is 3.61. The molecule has 1 aliphatic heterocycles. The summed E-state index contributed by atoms with van der Waals surface area (Å²) in [6, 6.07) is -2.62. The van der Waals surface area contributed by atoms with Crippen molar-refractivity contribution in [2.24, 2.45) is 22.2 Å². The Bertz CT molecular complexity index is 1550. The summed E-state index contributed by atoms with van der Waals surface area (Å²) in [5, 5.41) is 48.6. The highest BCUT2D eigenvalue weighted by Crippen LogP contribution is 2.19. The third-order valence-electron chi connectivity index (χ3n) is 8.14. The summed E-state index contributed by atoms with van der Waals surface area (Å²) in [6.07, 6.45) is 0.327. The second-order valence-corrected chi connectivity index (χ2v) is 12.4. The normalized spacial score (nSPS) is 16.4. The number of carbonyl (C=O) groups excluding carboxylic acids is 6. The van der Waals surface area contributed by atoms with Crippen LogP contribution in [0.15, 0.2) is 29.3 Å². The second kappa shape index (κ2) is 21.5. The quantitative estimate of drug-likeness (QED) is 0.0317. The van der Waals surface area contributed by atoms with E-state index in [1.165, 1.54) is 36.1 Å². The number of aliphatic carboxylic acids is 2. The number of nitrogens with two attached hydrogens (primary N) is 3. The maximum Gasteiger partial charge on any atom is 0.328 e. The molecule has 0 saturated carbocycles. The highest BCUT2D eigenvalue weighted by atomic mass is 16.4. The molecule has 22 heteroatoms. The number of amides is 6. The molecule has 15 N–H and O–H groups in total. The molecule has 1 aliphatic rings. The van der Waals surface area contributed by atoms with E-state index in [9.17, 15) is 53.7 Å². The zero-order valence-electron chi connectivity index (χ0n) is 29.5. The molecule has 1 fully saturated rings. The number of aliphatic hydroxyl groups is 1. The Balaban J connectivity index is 2.05. The van der Waals surface area contributed by atoms with Crippen LogP contribution in [-0.2, 0) is 44.8 Å². The van der Waals surface area contributed by atoms with Crippen molar-refractivity contribution in [2.45, 2.75) is 81.7 Å². The van der Waals surface area contributed by atoms with Crippen molar-refractivity contribution in [3.8, 4) is 5.75 Å². The minimum absolute atomic E-state index is 0.0894. The molecule has 0 spiro atoms. The molecule has 54 heavy (non-hydrogen) atoms. The Morgan fingerprint density at radius 1 is 0.907 bits per heavy atom. The molecule has 6 atom stereocenters. The van der Waals surface area contributed by atoms with Crippen molar-refractivity contribution < 1.29 is 58.8 Å². The molecule has 6 amide bonds. The molecule has 1 aromatic carbocycles. The number of rotatable bonds is 21. The minimum atomic E-state index is -1.83. The zero-order valence-corrected chi connectivity index (χ0v) is 29.5. The van der Waals surface area contributed by atoms with Gasteiger partial charge >= 0.3 is 11.9 Å². The first-order valence-electron chi connectivity index (χ1n) is 16.9. The Hall–Kier alpha value is -6.03. The predicted octanol–water partition coefficient (Wildman–Crippen LogP) is -5.07. The summed E-state index contributed by atoms with van der Waals surface area (Å²) in [4.78, 5) is 106. The van der Waals surface area contributed by atoms with Crippen molar-refractivity contribution in [2.75, 3.05) is 26.2 Å². The van der Waals surface area contributed by atoms with E-state index >= 15 is 0 Å². The number of carboxylic acids is 2. The summed E-state index contributed by atoms with van der Waals surface area (Å²) in [6.45, 7) is 0.183. The molecular formula is C32H48N10O12. The fraction of sp³-hybridized carbons (Fsp3) is 0.531. The summed E-state index contributed by atoms with van der Waals surface area (Å²) in [5.41, 5.74) is 17.0. The maximum atomic E-state index is 13.3. The SMILES string of the molecule is C[C@H](NC(=O)[C@@H]1CCCN1C(=O)[C@@H](N)CCCN=C(N)N)C(=O)NCC(=O)N[C@@H](Cc1ccc(O)cc1)C(=O)N[C@@H](CC(=O)O)C(=O)N[C@@H](CO)C(=O)O. The molecular weight excluding hydrogens is 716 g/mol. The van der Waals surface area contributed by atoms with E-state index in [1.807, 2.05) is 5.32 Å². The van der Waals surface area contributed by atoms with Crippen molar-refractivity contribution in [3.63, 3.8) is 0 Å². The number of guanidine groups is 1. The van der Waals surface area contributed by atoms with Gasteiger partial charge in [0.2, 0.25) is 35.4 Å². The number of carbonyl (C=O) groups is 8. The van der Waals surface area contributed by atoms with Gasteiger partial charge in [0.1, 0.15) is 36.0 Å². The number of nitrogens with zero attached hydrogens (tertiary/aromatic N) is 2. The van der Waals surface area contributed by atoms with Crippen molar-refractivity contribution in [1.82, 2.24) is 31.5 Å². The van der Waals surface area contributed by atoms with E-state index in [-0.39, 0.29) is 37.6 Å². The first-order valence-corrected chi connectivity index (χ1v) is 16.9. The van der Waals surface area contributed by atoms with Crippen LogP contribution < -0.4 is 43.8 Å². The van der Waals surface area contributed by atoms with Crippen LogP contribution in [0.5, 0.6) is 5.75 Å². The summed E-state index contributed by atoms with van der Waals surface area (Å²) in [5.74, 6) is -8.41. The lowest BCUT2D eigenvalue weighted by atomic mass is 10.0. The lowest BCUT2D eigenvalue weighted by molar-refractivity contribution is -0.144. The first-order chi connectivity index (χ1) is 25.4. The van der Waals surface area contributed by atoms with Crippen LogP contribution in [0, 0.1) is 0 Å². The molecule has 0 bridgehead atoms. The first kappa shape index (κ1) is 44.1. The number of hydrogen-bond acceptors (Lipinski definition) is 12. The van der Waals surface area contributed by atoms with Crippen LogP contribution >= 0.6 is 0 Å². The van der Waals surface area contributed by atoms with Crippen LogP contribution in [0.2, 0.25) is 0 Å². The second-order valence-electron chi connectivity index (χ2n) is 12.4. The number of phenols is 1. The van der Waals surface area contributed by atoms with E-state index in [0.29, 0.717) is 24.8 Å². The van der Waals surface area contributed by atoms with Gasteiger partial charge in [-0.2, -0.15) is 0 Å². The van der Waals surface area contributed by atoms with Gasteiger partial charge in [-0.15, -0.1) is 0 Å². The fourth-order valence-corrected chi connectivity index (χ4v) is 5.29. The number of benzene rings is 1. The Morgan fingerprint density at radius 3 is 2.13 bits per heavy atom. The maximum absolute atomic E-state index is 13.3. The molecule has 0 aliphatic carbocycles. The van der Waals surface area contributed by atoms with Gasteiger partial charge in [-0.25, -0.2) is 4.79 Å². The predicted molar refractivity (Wildman–Crippen MR) is 188 cm³/mol. The van der Waals surface area contributed by atoms with Gasteiger partial charge in [-0.05, 0) is 50.3 Å². The van der Waals surface area contributed by atoms with Crippen LogP contribution in [0.4, 0.5) is 0 Å². The van der Waals surface area contributed by atoms with Gasteiger partial charge in [0.25, 0.3) is 0 Å². The molecule has 1 saturated heterocycles. The van der Waals surface area contributed by atoms with Crippen molar-refractivity contribution in [3.05, 3.63) is 29.8 Å². The summed E-state index contributed by atoms with van der Waals surface area (Å²) >= 11 is 0. The van der Waals surface area contributed by atoms with Gasteiger partial charge in [-0.3, -0.25) is 38.6 Å². The third kappa shape index (κ3) is 14.5. The largest absolute Gasteiger partial charge is 0.508 e. The fourth-order valence-electron chi connectivity index (χ4n) is 5.29. The van der Waals surface area contributed by atoms with Gasteiger partial charge in [0.05, 0.1) is 25.6 Å². The average molecular weight is 765 g/mol. The van der Waals surface area contributed by atoms with Crippen LogP contribution in [0.3, 0.4) is 0 Å². The van der Waals surface area contributed by atoms with Crippen LogP contribution in [-0.4, -0.2) is 141 Å². The van der Waals surface area contributed by atoms with Gasteiger partial charge in [0.15, 0.2) is 5.96 Å². The Labute approximate surface area is 309 Å². The topological polar surface area (TPSA) is 371 Å². The summed E-state index contributed by atoms with van der Waals surface area (Å²) in [7, 11) is 0. The van der Waals surface area contributed by atoms with Crippen LogP contribution in [0.25, 0.3) is 0 Å². The number of carboxylic acid groups (broad SMARTS) is 2. The van der Waals surface area contributed by atoms with Gasteiger partial charge in [0, 0.05) is 19.5 Å². The Kier molecular flexibility index (Phi) is 17.6.